The van der Waals surface area contributed by atoms with Gasteiger partial charge in [-0.05, 0) is 47.3 Å². The lowest BCUT2D eigenvalue weighted by Crippen LogP contribution is -2.35. The van der Waals surface area contributed by atoms with Crippen molar-refractivity contribution in [1.29, 1.82) is 0 Å². The Morgan fingerprint density at radius 2 is 2.06 bits per heavy atom. The van der Waals surface area contributed by atoms with Crippen molar-refractivity contribution in [1.82, 2.24) is 4.98 Å². The number of carbonyl (C=O) groups is 1. The molecule has 0 aromatic carbocycles. The van der Waals surface area contributed by atoms with Gasteiger partial charge < -0.3 is 5.32 Å². The molecular formula is C14H19BrN2O. The van der Waals surface area contributed by atoms with E-state index in [0.717, 1.165) is 41.5 Å². The van der Waals surface area contributed by atoms with E-state index in [2.05, 4.69) is 33.2 Å². The minimum absolute atomic E-state index is 0.130. The molecule has 0 aliphatic heterocycles. The quantitative estimate of drug-likeness (QED) is 0.837. The number of aromatic nitrogens is 1. The average molecular weight is 311 g/mol. The van der Waals surface area contributed by atoms with E-state index in [1.165, 1.54) is 6.42 Å². The zero-order chi connectivity index (χ0) is 13.2. The number of rotatable bonds is 2. The number of pyridine rings is 1. The van der Waals surface area contributed by atoms with Crippen LogP contribution in [-0.4, -0.2) is 10.9 Å². The largest absolute Gasteiger partial charge is 0.324 e. The fourth-order valence-corrected chi connectivity index (χ4v) is 2.68. The highest BCUT2D eigenvalue weighted by atomic mass is 79.9. The molecular weight excluding hydrogens is 292 g/mol. The third-order valence-corrected chi connectivity index (χ3v) is 4.61. The summed E-state index contributed by atoms with van der Waals surface area (Å²) in [5, 5.41) is 3.00. The summed E-state index contributed by atoms with van der Waals surface area (Å²) in [6.07, 6.45) is 7.23. The molecule has 1 aromatic rings. The van der Waals surface area contributed by atoms with Crippen LogP contribution in [0.5, 0.6) is 0 Å². The molecule has 1 aromatic heterocycles. The minimum Gasteiger partial charge on any atom is -0.324 e. The number of anilines is 1. The van der Waals surface area contributed by atoms with E-state index in [-0.39, 0.29) is 11.3 Å². The summed E-state index contributed by atoms with van der Waals surface area (Å²) in [6.45, 7) is 4.04. The van der Waals surface area contributed by atoms with Crippen molar-refractivity contribution >= 4 is 27.5 Å². The number of aryl methyl sites for hydroxylation is 1. The van der Waals surface area contributed by atoms with Gasteiger partial charge in [0, 0.05) is 5.41 Å². The molecule has 4 heteroatoms. The number of nitrogens with one attached hydrogen (secondary N) is 1. The number of hydrogen-bond acceptors (Lipinski definition) is 2. The summed E-state index contributed by atoms with van der Waals surface area (Å²) < 4.78 is 0.823. The van der Waals surface area contributed by atoms with E-state index in [1.54, 1.807) is 6.20 Å². The van der Waals surface area contributed by atoms with Crippen molar-refractivity contribution in [3.05, 3.63) is 22.4 Å². The second-order valence-electron chi connectivity index (χ2n) is 5.41. The highest BCUT2D eigenvalue weighted by Crippen LogP contribution is 2.36. The summed E-state index contributed by atoms with van der Waals surface area (Å²) in [5.41, 5.74) is 1.60. The van der Waals surface area contributed by atoms with Crippen molar-refractivity contribution in [3.63, 3.8) is 0 Å². The highest BCUT2D eigenvalue weighted by Gasteiger charge is 2.34. The smallest absolute Gasteiger partial charge is 0.230 e. The molecule has 0 saturated heterocycles. The zero-order valence-corrected chi connectivity index (χ0v) is 12.5. The van der Waals surface area contributed by atoms with Crippen molar-refractivity contribution in [2.75, 3.05) is 5.32 Å². The molecule has 0 unspecified atom stereocenters. The molecule has 1 N–H and O–H groups in total. The van der Waals surface area contributed by atoms with Crippen molar-refractivity contribution < 1.29 is 4.79 Å². The van der Waals surface area contributed by atoms with E-state index in [0.29, 0.717) is 0 Å². The lowest BCUT2D eigenvalue weighted by atomic mass is 9.75. The average Bonchev–Trinajstić information content (AvgIpc) is 2.35. The van der Waals surface area contributed by atoms with Crippen molar-refractivity contribution in [2.24, 2.45) is 5.41 Å². The first-order chi connectivity index (χ1) is 8.51. The van der Waals surface area contributed by atoms with Crippen LogP contribution in [0.1, 0.15) is 44.6 Å². The van der Waals surface area contributed by atoms with Crippen LogP contribution in [-0.2, 0) is 4.79 Å². The number of amides is 1. The Morgan fingerprint density at radius 3 is 2.67 bits per heavy atom. The predicted octanol–water partition coefficient (Wildman–Crippen LogP) is 4.06. The lowest BCUT2D eigenvalue weighted by molar-refractivity contribution is -0.126. The SMILES string of the molecule is Cc1cc(NC(=O)C2(C)CCCCC2)cnc1Br. The third-order valence-electron chi connectivity index (χ3n) is 3.78. The van der Waals surface area contributed by atoms with Gasteiger partial charge in [0.15, 0.2) is 0 Å². The molecule has 0 atom stereocenters. The van der Waals surface area contributed by atoms with Crippen molar-refractivity contribution in [3.8, 4) is 0 Å². The molecule has 1 heterocycles. The van der Waals surface area contributed by atoms with E-state index in [4.69, 9.17) is 0 Å². The summed E-state index contributed by atoms with van der Waals surface area (Å²) in [5.74, 6) is 0.130. The van der Waals surface area contributed by atoms with Gasteiger partial charge in [0.2, 0.25) is 5.91 Å². The van der Waals surface area contributed by atoms with E-state index >= 15 is 0 Å². The van der Waals surface area contributed by atoms with Crippen LogP contribution in [0.25, 0.3) is 0 Å². The Labute approximate surface area is 117 Å². The van der Waals surface area contributed by atoms with E-state index in [9.17, 15) is 4.79 Å². The Morgan fingerprint density at radius 1 is 1.39 bits per heavy atom. The van der Waals surface area contributed by atoms with Gasteiger partial charge in [0.25, 0.3) is 0 Å². The maximum absolute atomic E-state index is 12.3. The molecule has 1 aliphatic carbocycles. The van der Waals surface area contributed by atoms with Crippen LogP contribution in [0.3, 0.4) is 0 Å². The normalized spacial score (nSPS) is 18.4. The van der Waals surface area contributed by atoms with Crippen LogP contribution in [0, 0.1) is 12.3 Å². The second-order valence-corrected chi connectivity index (χ2v) is 6.16. The van der Waals surface area contributed by atoms with Gasteiger partial charge in [-0.1, -0.05) is 26.2 Å². The van der Waals surface area contributed by atoms with Crippen LogP contribution in [0.2, 0.25) is 0 Å². The maximum atomic E-state index is 12.3. The summed E-state index contributed by atoms with van der Waals surface area (Å²) in [7, 11) is 0. The summed E-state index contributed by atoms with van der Waals surface area (Å²) in [6, 6.07) is 1.95. The molecule has 2 rings (SSSR count). The van der Waals surface area contributed by atoms with E-state index < -0.39 is 0 Å². The molecule has 98 valence electrons. The van der Waals surface area contributed by atoms with Gasteiger partial charge in [-0.2, -0.15) is 0 Å². The first kappa shape index (κ1) is 13.5. The Balaban J connectivity index is 2.08. The fraction of sp³-hybridized carbons (Fsp3) is 0.571. The molecule has 1 amide bonds. The minimum atomic E-state index is -0.209. The monoisotopic (exact) mass is 310 g/mol. The molecule has 1 fully saturated rings. The van der Waals surface area contributed by atoms with E-state index in [1.807, 2.05) is 13.0 Å². The standard InChI is InChI=1S/C14H19BrN2O/c1-10-8-11(9-16-12(10)15)17-13(18)14(2)6-4-3-5-7-14/h8-9H,3-7H2,1-2H3,(H,17,18). The predicted molar refractivity (Wildman–Crippen MR) is 76.5 cm³/mol. The number of carbonyl (C=O) groups excluding carboxylic acids is 1. The topological polar surface area (TPSA) is 42.0 Å². The highest BCUT2D eigenvalue weighted by molar-refractivity contribution is 9.10. The number of hydrogen-bond donors (Lipinski definition) is 1. The summed E-state index contributed by atoms with van der Waals surface area (Å²) in [4.78, 5) is 16.5. The molecule has 3 nitrogen and oxygen atoms in total. The molecule has 18 heavy (non-hydrogen) atoms. The van der Waals surface area contributed by atoms with Gasteiger partial charge in [-0.3, -0.25) is 4.79 Å². The van der Waals surface area contributed by atoms with Gasteiger partial charge in [0.05, 0.1) is 11.9 Å². The van der Waals surface area contributed by atoms with Crippen LogP contribution in [0.4, 0.5) is 5.69 Å². The Kier molecular flexibility index (Phi) is 4.05. The lowest BCUT2D eigenvalue weighted by Gasteiger charge is -2.32. The van der Waals surface area contributed by atoms with Gasteiger partial charge in [-0.25, -0.2) is 4.98 Å². The summed E-state index contributed by atoms with van der Waals surface area (Å²) >= 11 is 3.36. The number of halogens is 1. The third kappa shape index (κ3) is 2.91. The molecule has 0 bridgehead atoms. The second kappa shape index (κ2) is 5.39. The molecule has 1 saturated carbocycles. The van der Waals surface area contributed by atoms with Crippen molar-refractivity contribution in [2.45, 2.75) is 46.0 Å². The Bertz CT molecular complexity index is 453. The molecule has 1 aliphatic rings. The fourth-order valence-electron chi connectivity index (χ4n) is 2.47. The number of nitrogens with zero attached hydrogens (tertiary/aromatic N) is 1. The molecule has 0 spiro atoms. The first-order valence-corrected chi connectivity index (χ1v) is 7.24. The van der Waals surface area contributed by atoms with Gasteiger partial charge in [-0.15, -0.1) is 0 Å². The first-order valence-electron chi connectivity index (χ1n) is 6.45. The van der Waals surface area contributed by atoms with Crippen LogP contribution >= 0.6 is 15.9 Å². The zero-order valence-electron chi connectivity index (χ0n) is 10.9. The molecule has 0 radical (unpaired) electrons. The van der Waals surface area contributed by atoms with Gasteiger partial charge >= 0.3 is 0 Å². The Hall–Kier alpha value is -0.900. The van der Waals surface area contributed by atoms with Crippen LogP contribution < -0.4 is 5.32 Å². The van der Waals surface area contributed by atoms with Crippen LogP contribution in [0.15, 0.2) is 16.9 Å². The maximum Gasteiger partial charge on any atom is 0.230 e. The van der Waals surface area contributed by atoms with Gasteiger partial charge in [0.1, 0.15) is 4.60 Å².